The molecule has 0 amide bonds. The van der Waals surface area contributed by atoms with E-state index in [1.807, 2.05) is 12.1 Å². The highest BCUT2D eigenvalue weighted by molar-refractivity contribution is 6.32. The number of rotatable bonds is 6. The fourth-order valence-electron chi connectivity index (χ4n) is 4.15. The minimum absolute atomic E-state index is 0.0310. The first-order valence-electron chi connectivity index (χ1n) is 10.6. The van der Waals surface area contributed by atoms with Crippen LogP contribution >= 0.6 is 11.6 Å². The van der Waals surface area contributed by atoms with Crippen LogP contribution < -0.4 is 20.3 Å². The van der Waals surface area contributed by atoms with Crippen molar-refractivity contribution >= 4 is 40.0 Å². The lowest BCUT2D eigenvalue weighted by Crippen LogP contribution is -2.76. The maximum absolute atomic E-state index is 14.9. The van der Waals surface area contributed by atoms with Crippen LogP contribution in [-0.4, -0.2) is 46.7 Å². The van der Waals surface area contributed by atoms with Crippen molar-refractivity contribution in [3.63, 3.8) is 0 Å². The van der Waals surface area contributed by atoms with Crippen LogP contribution in [0.4, 0.5) is 21.7 Å². The number of pyridine rings is 1. The Morgan fingerprint density at radius 1 is 1.23 bits per heavy atom. The minimum atomic E-state index is -0.571. The van der Waals surface area contributed by atoms with Gasteiger partial charge in [-0.1, -0.05) is 11.6 Å². The molecule has 0 radical (unpaired) electrons. The molecule has 4 heterocycles. The summed E-state index contributed by atoms with van der Waals surface area (Å²) in [6.45, 7) is 3.53. The molecule has 2 saturated heterocycles. The molecule has 3 aliphatic rings. The van der Waals surface area contributed by atoms with Gasteiger partial charge in [0.1, 0.15) is 28.4 Å². The zero-order chi connectivity index (χ0) is 21.0. The summed E-state index contributed by atoms with van der Waals surface area (Å²) in [5.41, 5.74) is 1.76. The lowest BCUT2D eigenvalue weighted by molar-refractivity contribution is 0.159. The Bertz CT molecular complexity index is 1160. The zero-order valence-corrected chi connectivity index (χ0v) is 17.6. The molecule has 1 saturated carbocycles. The van der Waals surface area contributed by atoms with Gasteiger partial charge in [0.15, 0.2) is 11.6 Å². The normalized spacial score (nSPS) is 19.2. The highest BCUT2D eigenvalue weighted by atomic mass is 35.5. The number of fused-ring (bicyclic) bond motifs is 1. The summed E-state index contributed by atoms with van der Waals surface area (Å²) in [5.74, 6) is 1.66. The molecule has 3 fully saturated rings. The van der Waals surface area contributed by atoms with Crippen molar-refractivity contribution in [2.24, 2.45) is 5.92 Å². The van der Waals surface area contributed by atoms with E-state index in [-0.39, 0.29) is 16.2 Å². The second-order valence-corrected chi connectivity index (χ2v) is 9.07. The van der Waals surface area contributed by atoms with Crippen molar-refractivity contribution in [1.29, 1.82) is 0 Å². The van der Waals surface area contributed by atoms with Gasteiger partial charge in [-0.05, 0) is 56.0 Å². The molecule has 3 aromatic rings. The van der Waals surface area contributed by atoms with E-state index >= 15 is 0 Å². The number of nitrogens with zero attached hydrogens (tertiary/aromatic N) is 4. The second kappa shape index (κ2) is 7.17. The van der Waals surface area contributed by atoms with Crippen molar-refractivity contribution in [2.75, 3.05) is 36.5 Å². The van der Waals surface area contributed by atoms with E-state index in [9.17, 15) is 4.39 Å². The summed E-state index contributed by atoms with van der Waals surface area (Å²) in [6.07, 6.45) is 4.96. The SMILES string of the molecule is Fc1c(Nc2ncnc3ccc(N4CC5(CCN5)C4)nc23)ccc(OCC2CC2)c1Cl. The molecule has 1 aliphatic carbocycles. The van der Waals surface area contributed by atoms with E-state index in [4.69, 9.17) is 21.3 Å². The molecule has 2 aromatic heterocycles. The van der Waals surface area contributed by atoms with Gasteiger partial charge in [0.25, 0.3) is 0 Å². The molecule has 0 bridgehead atoms. The highest BCUT2D eigenvalue weighted by Gasteiger charge is 2.47. The molecule has 2 N–H and O–H groups in total. The second-order valence-electron chi connectivity index (χ2n) is 8.69. The topological polar surface area (TPSA) is 75.2 Å². The third-order valence-corrected chi connectivity index (χ3v) is 6.71. The van der Waals surface area contributed by atoms with Gasteiger partial charge in [-0.15, -0.1) is 0 Å². The third-order valence-electron chi connectivity index (χ3n) is 6.35. The summed E-state index contributed by atoms with van der Waals surface area (Å²) in [7, 11) is 0. The number of halogens is 2. The van der Waals surface area contributed by atoms with Gasteiger partial charge in [0, 0.05) is 13.1 Å². The predicted molar refractivity (Wildman–Crippen MR) is 118 cm³/mol. The Kier molecular flexibility index (Phi) is 4.40. The average molecular weight is 441 g/mol. The van der Waals surface area contributed by atoms with E-state index in [0.717, 1.165) is 38.3 Å². The molecule has 1 aromatic carbocycles. The predicted octanol–water partition coefficient (Wildman–Crippen LogP) is 3.90. The van der Waals surface area contributed by atoms with Gasteiger partial charge in [0.05, 0.1) is 23.3 Å². The van der Waals surface area contributed by atoms with Gasteiger partial charge in [0.2, 0.25) is 0 Å². The van der Waals surface area contributed by atoms with Gasteiger partial charge >= 0.3 is 0 Å². The summed E-state index contributed by atoms with van der Waals surface area (Å²) in [4.78, 5) is 15.6. The first-order chi connectivity index (χ1) is 15.1. The fraction of sp³-hybridized carbons (Fsp3) is 0.409. The van der Waals surface area contributed by atoms with E-state index in [2.05, 4.69) is 25.5 Å². The number of ether oxygens (including phenoxy) is 1. The summed E-state index contributed by atoms with van der Waals surface area (Å²) in [6, 6.07) is 7.18. The molecule has 9 heteroatoms. The Morgan fingerprint density at radius 2 is 2.06 bits per heavy atom. The summed E-state index contributed by atoms with van der Waals surface area (Å²) < 4.78 is 20.6. The fourth-order valence-corrected chi connectivity index (χ4v) is 4.37. The van der Waals surface area contributed by atoms with E-state index in [0.29, 0.717) is 35.1 Å². The molecule has 160 valence electrons. The Balaban J connectivity index is 1.26. The smallest absolute Gasteiger partial charge is 0.169 e. The molecule has 2 aliphatic heterocycles. The van der Waals surface area contributed by atoms with Crippen LogP contribution in [0.3, 0.4) is 0 Å². The first-order valence-corrected chi connectivity index (χ1v) is 11.0. The monoisotopic (exact) mass is 440 g/mol. The average Bonchev–Trinajstić information content (AvgIpc) is 3.53. The summed E-state index contributed by atoms with van der Waals surface area (Å²) >= 11 is 6.22. The van der Waals surface area contributed by atoms with E-state index in [1.54, 1.807) is 12.1 Å². The van der Waals surface area contributed by atoms with Crippen molar-refractivity contribution in [3.05, 3.63) is 41.4 Å². The Hall–Kier alpha value is -2.71. The van der Waals surface area contributed by atoms with Gasteiger partial charge in [-0.3, -0.25) is 0 Å². The number of hydrogen-bond acceptors (Lipinski definition) is 7. The highest BCUT2D eigenvalue weighted by Crippen LogP contribution is 2.37. The first kappa shape index (κ1) is 19.0. The number of aromatic nitrogens is 3. The van der Waals surface area contributed by atoms with Gasteiger partial charge < -0.3 is 20.3 Å². The van der Waals surface area contributed by atoms with Crippen molar-refractivity contribution in [3.8, 4) is 5.75 Å². The lowest BCUT2D eigenvalue weighted by atomic mass is 9.80. The lowest BCUT2D eigenvalue weighted by Gasteiger charge is -2.56. The van der Waals surface area contributed by atoms with E-state index < -0.39 is 5.82 Å². The maximum Gasteiger partial charge on any atom is 0.169 e. The molecule has 6 rings (SSSR count). The van der Waals surface area contributed by atoms with Gasteiger partial charge in [-0.25, -0.2) is 19.3 Å². The van der Waals surface area contributed by atoms with Gasteiger partial charge in [-0.2, -0.15) is 0 Å². The third kappa shape index (κ3) is 3.43. The van der Waals surface area contributed by atoms with Crippen LogP contribution in [0, 0.1) is 11.7 Å². The van der Waals surface area contributed by atoms with Crippen LogP contribution in [0.2, 0.25) is 5.02 Å². The van der Waals surface area contributed by atoms with Crippen LogP contribution in [0.15, 0.2) is 30.6 Å². The number of anilines is 3. The summed E-state index contributed by atoms with van der Waals surface area (Å²) in [5, 5.41) is 6.51. The zero-order valence-electron chi connectivity index (χ0n) is 16.9. The van der Waals surface area contributed by atoms with Crippen LogP contribution in [-0.2, 0) is 0 Å². The van der Waals surface area contributed by atoms with Crippen molar-refractivity contribution in [1.82, 2.24) is 20.3 Å². The Labute approximate surface area is 184 Å². The van der Waals surface area contributed by atoms with Crippen molar-refractivity contribution < 1.29 is 9.13 Å². The minimum Gasteiger partial charge on any atom is -0.492 e. The number of hydrogen-bond donors (Lipinski definition) is 2. The largest absolute Gasteiger partial charge is 0.492 e. The van der Waals surface area contributed by atoms with Crippen LogP contribution in [0.1, 0.15) is 19.3 Å². The molecule has 0 unspecified atom stereocenters. The standard InChI is InChI=1S/C22H22ClFN6O/c23-18-16(31-9-13-1-2-13)5-3-14(19(18)24)28-21-20-15(25-12-26-21)4-6-17(29-20)30-10-22(11-30)7-8-27-22/h3-6,12-13,27H,1-2,7-11H2,(H,25,26,28). The molecule has 0 atom stereocenters. The Morgan fingerprint density at radius 3 is 2.81 bits per heavy atom. The molecule has 31 heavy (non-hydrogen) atoms. The molecular formula is C22H22ClFN6O. The number of nitrogens with one attached hydrogen (secondary N) is 2. The molecular weight excluding hydrogens is 419 g/mol. The maximum atomic E-state index is 14.9. The van der Waals surface area contributed by atoms with Crippen LogP contribution in [0.5, 0.6) is 5.75 Å². The molecule has 7 nitrogen and oxygen atoms in total. The quantitative estimate of drug-likeness (QED) is 0.602. The van der Waals surface area contributed by atoms with E-state index in [1.165, 1.54) is 12.7 Å². The number of benzene rings is 1. The molecule has 1 spiro atoms. The van der Waals surface area contributed by atoms with Crippen LogP contribution in [0.25, 0.3) is 11.0 Å². The van der Waals surface area contributed by atoms with Crippen molar-refractivity contribution in [2.45, 2.75) is 24.8 Å².